The number of aromatic nitrogens is 2. The summed E-state index contributed by atoms with van der Waals surface area (Å²) in [7, 11) is 0. The summed E-state index contributed by atoms with van der Waals surface area (Å²) in [5.41, 5.74) is 1.72. The van der Waals surface area contributed by atoms with Gasteiger partial charge in [-0.15, -0.1) is 0 Å². The van der Waals surface area contributed by atoms with Crippen LogP contribution < -0.4 is 5.32 Å². The monoisotopic (exact) mass is 408 g/mol. The summed E-state index contributed by atoms with van der Waals surface area (Å²) in [6.45, 7) is 1.90. The predicted molar refractivity (Wildman–Crippen MR) is 117 cm³/mol. The third-order valence-corrected chi connectivity index (χ3v) is 5.66. The molecule has 1 aromatic heterocycles. The smallest absolute Gasteiger partial charge is 0.315 e. The van der Waals surface area contributed by atoms with Crippen molar-refractivity contribution in [2.24, 2.45) is 0 Å². The van der Waals surface area contributed by atoms with E-state index in [0.717, 1.165) is 16.6 Å². The highest BCUT2D eigenvalue weighted by Gasteiger charge is 2.53. The number of benzene rings is 3. The van der Waals surface area contributed by atoms with Crippen molar-refractivity contribution in [2.45, 2.75) is 19.0 Å². The van der Waals surface area contributed by atoms with E-state index in [4.69, 9.17) is 0 Å². The van der Waals surface area contributed by atoms with E-state index in [9.17, 15) is 9.59 Å². The Hall–Kier alpha value is -4.06. The number of aryl methyl sites for hydroxylation is 1. The first-order valence-electron chi connectivity index (χ1n) is 10.1. The lowest BCUT2D eigenvalue weighted by atomic mass is 9.82. The Kier molecular flexibility index (Phi) is 4.47. The molecule has 31 heavy (non-hydrogen) atoms. The Bertz CT molecular complexity index is 1250. The van der Waals surface area contributed by atoms with Crippen LogP contribution in [0.3, 0.4) is 0 Å². The van der Waals surface area contributed by atoms with E-state index in [2.05, 4.69) is 15.3 Å². The molecule has 0 saturated carbocycles. The zero-order valence-corrected chi connectivity index (χ0v) is 16.9. The van der Waals surface area contributed by atoms with E-state index in [1.165, 1.54) is 4.90 Å². The molecular formula is C25H20N4O2. The molecule has 1 aliphatic heterocycles. The fourth-order valence-corrected chi connectivity index (χ4v) is 4.16. The maximum Gasteiger partial charge on any atom is 0.325 e. The number of para-hydroxylation sites is 1. The Balaban J connectivity index is 1.58. The number of fused-ring (bicyclic) bond motifs is 1. The van der Waals surface area contributed by atoms with Gasteiger partial charge >= 0.3 is 6.03 Å². The molecule has 2 heterocycles. The third-order valence-electron chi connectivity index (χ3n) is 5.66. The number of nitrogens with one attached hydrogen (secondary N) is 1. The number of imide groups is 1. The van der Waals surface area contributed by atoms with Crippen LogP contribution >= 0.6 is 0 Å². The van der Waals surface area contributed by atoms with Gasteiger partial charge in [0.05, 0.1) is 12.1 Å². The van der Waals surface area contributed by atoms with Crippen molar-refractivity contribution in [3.05, 3.63) is 108 Å². The predicted octanol–water partition coefficient (Wildman–Crippen LogP) is 3.93. The van der Waals surface area contributed by atoms with Gasteiger partial charge in [-0.3, -0.25) is 9.69 Å². The minimum atomic E-state index is -1.29. The van der Waals surface area contributed by atoms with Gasteiger partial charge in [-0.1, -0.05) is 78.9 Å². The maximum absolute atomic E-state index is 13.8. The van der Waals surface area contributed by atoms with Crippen molar-refractivity contribution in [1.29, 1.82) is 0 Å². The van der Waals surface area contributed by atoms with Gasteiger partial charge in [0.1, 0.15) is 5.82 Å². The summed E-state index contributed by atoms with van der Waals surface area (Å²) in [5, 5.41) is 3.90. The van der Waals surface area contributed by atoms with Gasteiger partial charge in [0.25, 0.3) is 5.91 Å². The number of rotatable bonds is 4. The van der Waals surface area contributed by atoms with Crippen LogP contribution in [0.1, 0.15) is 22.6 Å². The highest BCUT2D eigenvalue weighted by molar-refractivity contribution is 6.09. The first-order chi connectivity index (χ1) is 15.1. The highest BCUT2D eigenvalue weighted by Crippen LogP contribution is 2.36. The number of urea groups is 1. The van der Waals surface area contributed by atoms with E-state index >= 15 is 0 Å². The van der Waals surface area contributed by atoms with Gasteiger partial charge in [-0.05, 0) is 24.1 Å². The molecule has 0 spiro atoms. The van der Waals surface area contributed by atoms with Gasteiger partial charge in [0, 0.05) is 11.1 Å². The molecule has 0 bridgehead atoms. The van der Waals surface area contributed by atoms with E-state index in [1.807, 2.05) is 91.9 Å². The zero-order valence-electron chi connectivity index (χ0n) is 16.9. The molecule has 6 nitrogen and oxygen atoms in total. The summed E-state index contributed by atoms with van der Waals surface area (Å²) < 4.78 is 0. The Morgan fingerprint density at radius 1 is 0.806 bits per heavy atom. The van der Waals surface area contributed by atoms with Crippen molar-refractivity contribution < 1.29 is 9.59 Å². The van der Waals surface area contributed by atoms with Crippen molar-refractivity contribution >= 4 is 22.8 Å². The van der Waals surface area contributed by atoms with Crippen LogP contribution in [0.5, 0.6) is 0 Å². The molecule has 4 aromatic rings. The van der Waals surface area contributed by atoms with Crippen LogP contribution in [0.25, 0.3) is 10.9 Å². The molecule has 1 saturated heterocycles. The highest BCUT2D eigenvalue weighted by atomic mass is 16.2. The molecular weight excluding hydrogens is 388 g/mol. The molecule has 0 atom stereocenters. The van der Waals surface area contributed by atoms with Crippen molar-refractivity contribution in [2.75, 3.05) is 0 Å². The fraction of sp³-hybridized carbons (Fsp3) is 0.120. The quantitative estimate of drug-likeness (QED) is 0.519. The number of nitrogens with zero attached hydrogens (tertiary/aromatic N) is 3. The lowest BCUT2D eigenvalue weighted by Gasteiger charge is -2.28. The third kappa shape index (κ3) is 3.04. The van der Waals surface area contributed by atoms with E-state index in [0.29, 0.717) is 17.0 Å². The number of hydrogen-bond donors (Lipinski definition) is 1. The van der Waals surface area contributed by atoms with Crippen molar-refractivity contribution in [1.82, 2.24) is 20.2 Å². The molecule has 1 fully saturated rings. The van der Waals surface area contributed by atoms with Crippen LogP contribution in [0.15, 0.2) is 84.9 Å². The SMILES string of the molecule is Cc1nc(CN2C(=O)NC(c3ccccc3)(c3ccccc3)C2=O)nc2ccccc12. The second kappa shape index (κ2) is 7.32. The second-order valence-electron chi connectivity index (χ2n) is 7.55. The first-order valence-corrected chi connectivity index (χ1v) is 10.1. The maximum atomic E-state index is 13.8. The molecule has 5 rings (SSSR count). The molecule has 0 aliphatic carbocycles. The minimum Gasteiger partial charge on any atom is -0.315 e. The van der Waals surface area contributed by atoms with E-state index in [1.54, 1.807) is 0 Å². The first kappa shape index (κ1) is 18.9. The number of carbonyl (C=O) groups is 2. The van der Waals surface area contributed by atoms with Gasteiger partial charge in [-0.25, -0.2) is 14.8 Å². The number of hydrogen-bond acceptors (Lipinski definition) is 4. The molecule has 152 valence electrons. The molecule has 1 N–H and O–H groups in total. The van der Waals surface area contributed by atoms with Crippen LogP contribution in [0, 0.1) is 6.92 Å². The van der Waals surface area contributed by atoms with E-state index in [-0.39, 0.29) is 12.5 Å². The number of amides is 3. The van der Waals surface area contributed by atoms with Gasteiger partial charge in [0.2, 0.25) is 0 Å². The normalized spacial score (nSPS) is 15.3. The van der Waals surface area contributed by atoms with Crippen LogP contribution in [0.2, 0.25) is 0 Å². The number of carbonyl (C=O) groups excluding carboxylic acids is 2. The lowest BCUT2D eigenvalue weighted by molar-refractivity contribution is -0.130. The van der Waals surface area contributed by atoms with Crippen LogP contribution in [0.4, 0.5) is 4.79 Å². The van der Waals surface area contributed by atoms with Gasteiger partial charge in [0.15, 0.2) is 5.54 Å². The minimum absolute atomic E-state index is 0.00222. The topological polar surface area (TPSA) is 75.2 Å². The standard InChI is InChI=1S/C25H20N4O2/c1-17-20-14-8-9-15-21(20)27-22(26-17)16-29-23(30)25(28-24(29)31,18-10-4-2-5-11-18)19-12-6-3-7-13-19/h2-15H,16H2,1H3,(H,28,31). The Morgan fingerprint density at radius 3 is 2.03 bits per heavy atom. The fourth-order valence-electron chi connectivity index (χ4n) is 4.16. The lowest BCUT2D eigenvalue weighted by Crippen LogP contribution is -2.45. The summed E-state index contributed by atoms with van der Waals surface area (Å²) in [5.74, 6) is 0.0842. The zero-order chi connectivity index (χ0) is 21.4. The van der Waals surface area contributed by atoms with Gasteiger partial charge in [-0.2, -0.15) is 0 Å². The summed E-state index contributed by atoms with van der Waals surface area (Å²) in [6.07, 6.45) is 0. The Morgan fingerprint density at radius 2 is 1.39 bits per heavy atom. The summed E-state index contributed by atoms with van der Waals surface area (Å²) >= 11 is 0. The molecule has 3 aromatic carbocycles. The second-order valence-corrected chi connectivity index (χ2v) is 7.55. The summed E-state index contributed by atoms with van der Waals surface area (Å²) in [6, 6.07) is 25.8. The molecule has 0 radical (unpaired) electrons. The largest absolute Gasteiger partial charge is 0.325 e. The molecule has 6 heteroatoms. The molecule has 1 aliphatic rings. The van der Waals surface area contributed by atoms with Crippen molar-refractivity contribution in [3.63, 3.8) is 0 Å². The Labute approximate surface area is 179 Å². The van der Waals surface area contributed by atoms with Gasteiger partial charge < -0.3 is 5.32 Å². The van der Waals surface area contributed by atoms with Crippen LogP contribution in [-0.2, 0) is 16.9 Å². The molecule has 0 unspecified atom stereocenters. The average Bonchev–Trinajstić information content (AvgIpc) is 3.06. The average molecular weight is 408 g/mol. The van der Waals surface area contributed by atoms with Crippen LogP contribution in [-0.4, -0.2) is 26.8 Å². The van der Waals surface area contributed by atoms with E-state index < -0.39 is 11.6 Å². The molecule has 3 amide bonds. The summed E-state index contributed by atoms with van der Waals surface area (Å²) in [4.78, 5) is 37.1. The van der Waals surface area contributed by atoms with Crippen molar-refractivity contribution in [3.8, 4) is 0 Å².